The Morgan fingerprint density at radius 1 is 0.880 bits per heavy atom. The summed E-state index contributed by atoms with van der Waals surface area (Å²) in [6.45, 7) is 14.4. The number of nitrogens with zero attached hydrogens (tertiary/aromatic N) is 3. The van der Waals surface area contributed by atoms with Crippen LogP contribution in [0.2, 0.25) is 0 Å². The van der Waals surface area contributed by atoms with Crippen LogP contribution in [0.5, 0.6) is 5.75 Å². The number of sulfone groups is 1. The van der Waals surface area contributed by atoms with Crippen LogP contribution in [0, 0.1) is 0 Å². The largest absolute Gasteiger partial charge is 0.489 e. The quantitative estimate of drug-likeness (QED) is 0.119. The number of unbranched alkanes of at least 4 members (excludes halogenated alkanes) is 2. The summed E-state index contributed by atoms with van der Waals surface area (Å²) in [5.41, 5.74) is 3.63. The zero-order chi connectivity index (χ0) is 35.4. The Hall–Kier alpha value is -2.99. The Kier molecular flexibility index (Phi) is 11.6. The average Bonchev–Trinajstić information content (AvgIpc) is 3.19. The minimum Gasteiger partial charge on any atom is -0.489 e. The number of hydrogen-bond acceptors (Lipinski definition) is 8. The average molecular weight is 705 g/mol. The molecule has 2 bridgehead atoms. The maximum absolute atomic E-state index is 14.2. The van der Waals surface area contributed by atoms with Gasteiger partial charge < -0.3 is 19.2 Å². The van der Waals surface area contributed by atoms with E-state index in [9.17, 15) is 13.5 Å². The first kappa shape index (κ1) is 36.8. The topological polar surface area (TPSA) is 94.1 Å². The molecule has 50 heavy (non-hydrogen) atoms. The van der Waals surface area contributed by atoms with Crippen molar-refractivity contribution in [3.63, 3.8) is 0 Å². The summed E-state index contributed by atoms with van der Waals surface area (Å²) in [7, 11) is 0.116. The third-order valence-electron chi connectivity index (χ3n) is 11.2. The molecule has 10 heteroatoms. The lowest BCUT2D eigenvalue weighted by atomic mass is 9.81. The number of benzene rings is 3. The predicted molar refractivity (Wildman–Crippen MR) is 201 cm³/mol. The molecule has 0 radical (unpaired) electrons. The molecule has 3 fully saturated rings. The number of hydrogen-bond donors (Lipinski definition) is 3. The van der Waals surface area contributed by atoms with Crippen molar-refractivity contribution < 1.29 is 22.7 Å². The van der Waals surface area contributed by atoms with E-state index in [0.717, 1.165) is 54.8 Å². The van der Waals surface area contributed by atoms with E-state index < -0.39 is 27.5 Å². The molecule has 3 saturated heterocycles. The second kappa shape index (κ2) is 15.7. The molecule has 7 rings (SSSR count). The predicted octanol–water partition coefficient (Wildman–Crippen LogP) is 4.73. The van der Waals surface area contributed by atoms with Gasteiger partial charge >= 0.3 is 0 Å². The van der Waals surface area contributed by atoms with Crippen LogP contribution >= 0.6 is 0 Å². The van der Waals surface area contributed by atoms with Crippen LogP contribution in [-0.4, -0.2) is 107 Å². The molecule has 4 aliphatic rings. The van der Waals surface area contributed by atoms with Crippen molar-refractivity contribution in [3.05, 3.63) is 89.0 Å². The zero-order valence-electron chi connectivity index (χ0n) is 30.5. The molecule has 0 saturated carbocycles. The molecule has 9 nitrogen and oxygen atoms in total. The first-order valence-corrected chi connectivity index (χ1v) is 20.3. The Balaban J connectivity index is 1.24. The number of fused-ring (bicyclic) bond motifs is 4. The molecular formula is C40H58N5O4S+. The maximum Gasteiger partial charge on any atom is 0.181 e. The fourth-order valence-electron chi connectivity index (χ4n) is 8.00. The highest BCUT2D eigenvalue weighted by atomic mass is 32.2. The fraction of sp³-hybridized carbons (Fsp3) is 0.550. The number of nitrogens with one attached hydrogen (secondary N) is 2. The van der Waals surface area contributed by atoms with Crippen molar-refractivity contribution in [2.24, 2.45) is 0 Å². The van der Waals surface area contributed by atoms with Crippen LogP contribution in [0.4, 0.5) is 5.69 Å². The van der Waals surface area contributed by atoms with Crippen LogP contribution in [0.25, 0.3) is 0 Å². The molecule has 0 spiro atoms. The van der Waals surface area contributed by atoms with Gasteiger partial charge in [-0.15, -0.1) is 0 Å². The van der Waals surface area contributed by atoms with E-state index in [0.29, 0.717) is 25.3 Å². The molecule has 4 aliphatic heterocycles. The van der Waals surface area contributed by atoms with Crippen LogP contribution in [0.1, 0.15) is 67.7 Å². The lowest BCUT2D eigenvalue weighted by Gasteiger charge is -2.50. The van der Waals surface area contributed by atoms with E-state index >= 15 is 0 Å². The van der Waals surface area contributed by atoms with Crippen molar-refractivity contribution in [1.82, 2.24) is 15.5 Å². The van der Waals surface area contributed by atoms with Crippen LogP contribution in [0.3, 0.4) is 0 Å². The first-order chi connectivity index (χ1) is 24.1. The Labute approximate surface area is 300 Å². The number of aliphatic hydroxyl groups excluding tert-OH is 1. The van der Waals surface area contributed by atoms with Gasteiger partial charge in [0.2, 0.25) is 0 Å². The van der Waals surface area contributed by atoms with Gasteiger partial charge in [-0.25, -0.2) is 8.42 Å². The highest BCUT2D eigenvalue weighted by Crippen LogP contribution is 2.42. The Morgan fingerprint density at radius 3 is 2.06 bits per heavy atom. The lowest BCUT2D eigenvalue weighted by Crippen LogP contribution is -2.68. The van der Waals surface area contributed by atoms with Crippen molar-refractivity contribution in [3.8, 4) is 5.75 Å². The number of rotatable bonds is 15. The van der Waals surface area contributed by atoms with Crippen molar-refractivity contribution in [2.75, 3.05) is 77.1 Å². The second-order valence-electron chi connectivity index (χ2n) is 15.0. The molecule has 1 unspecified atom stereocenters. The summed E-state index contributed by atoms with van der Waals surface area (Å²) in [6.07, 6.45) is 2.61. The molecule has 0 aliphatic carbocycles. The van der Waals surface area contributed by atoms with E-state index in [-0.39, 0.29) is 10.6 Å². The van der Waals surface area contributed by atoms with Gasteiger partial charge in [0.15, 0.2) is 9.84 Å². The number of aliphatic hydroxyl groups is 1. The SMILES string of the molecule is CCCCNC1(NCCCC)CS(=O)(=O)c2ccc(N(C)C)cc2C(c2ccc(OCc3ccc(C[N+]45CCN(CC4)CC5)cc3)cc2)[C@H]1O. The molecule has 2 atom stereocenters. The molecule has 3 aromatic rings. The van der Waals surface area contributed by atoms with Gasteiger partial charge in [-0.1, -0.05) is 63.1 Å². The minimum atomic E-state index is -3.77. The third-order valence-corrected chi connectivity index (χ3v) is 13.1. The van der Waals surface area contributed by atoms with Crippen molar-refractivity contribution >= 4 is 15.5 Å². The van der Waals surface area contributed by atoms with Gasteiger partial charge in [0, 0.05) is 50.9 Å². The third kappa shape index (κ3) is 8.06. The van der Waals surface area contributed by atoms with E-state index in [2.05, 4.69) is 53.6 Å². The highest BCUT2D eigenvalue weighted by Gasteiger charge is 2.50. The molecule has 3 N–H and O–H groups in total. The Bertz CT molecular complexity index is 1650. The van der Waals surface area contributed by atoms with Crippen molar-refractivity contribution in [2.45, 2.75) is 75.3 Å². The molecular weight excluding hydrogens is 647 g/mol. The molecule has 0 aromatic heterocycles. The van der Waals surface area contributed by atoms with Gasteiger partial charge in [0.25, 0.3) is 0 Å². The number of anilines is 1. The van der Waals surface area contributed by atoms with Crippen LogP contribution in [0.15, 0.2) is 71.6 Å². The number of quaternary nitrogens is 1. The maximum atomic E-state index is 14.2. The number of piperazine rings is 3. The smallest absolute Gasteiger partial charge is 0.181 e. The normalized spacial score (nSPS) is 25.1. The summed E-state index contributed by atoms with van der Waals surface area (Å²) >= 11 is 0. The molecule has 272 valence electrons. The standard InChI is InChI=1S/C40H58N5O4S/c1-5-7-19-41-40(42-20-8-6-2)30-50(47,48)37-18-15-34(43(3)4)27-36(37)38(39(40)46)33-13-16-35(17-14-33)49-29-32-11-9-31(10-12-32)28-45-24-21-44(22-25-45)23-26-45/h9-18,27,38-39,41-42,46H,5-8,19-26,28-30H2,1-4H3/q+1/t38?,39-/m1/s1. The summed E-state index contributed by atoms with van der Waals surface area (Å²) in [5, 5.41) is 19.5. The monoisotopic (exact) mass is 704 g/mol. The van der Waals surface area contributed by atoms with E-state index in [1.165, 1.54) is 49.3 Å². The van der Waals surface area contributed by atoms with Crippen molar-refractivity contribution in [1.29, 1.82) is 0 Å². The second-order valence-corrected chi connectivity index (χ2v) is 17.0. The first-order valence-electron chi connectivity index (χ1n) is 18.7. The van der Waals surface area contributed by atoms with Gasteiger partial charge in [-0.2, -0.15) is 0 Å². The van der Waals surface area contributed by atoms with Gasteiger partial charge in [-0.05, 0) is 73.0 Å². The molecule has 0 amide bonds. The zero-order valence-corrected chi connectivity index (χ0v) is 31.4. The Morgan fingerprint density at radius 2 is 1.48 bits per heavy atom. The van der Waals surface area contributed by atoms with E-state index in [4.69, 9.17) is 4.74 Å². The summed E-state index contributed by atoms with van der Waals surface area (Å²) in [4.78, 5) is 4.83. The summed E-state index contributed by atoms with van der Waals surface area (Å²) in [5.74, 6) is -0.104. The molecule has 4 heterocycles. The number of ether oxygens (including phenoxy) is 1. The summed E-state index contributed by atoms with van der Waals surface area (Å²) in [6, 6.07) is 22.2. The van der Waals surface area contributed by atoms with Crippen LogP contribution in [-0.2, 0) is 23.0 Å². The van der Waals surface area contributed by atoms with Gasteiger partial charge in [0.05, 0.1) is 36.4 Å². The minimum absolute atomic E-state index is 0.238. The van der Waals surface area contributed by atoms with Gasteiger partial charge in [0.1, 0.15) is 24.6 Å². The van der Waals surface area contributed by atoms with E-state index in [1.54, 1.807) is 6.07 Å². The van der Waals surface area contributed by atoms with Crippen LogP contribution < -0.4 is 20.3 Å². The lowest BCUT2D eigenvalue weighted by molar-refractivity contribution is -0.953. The summed E-state index contributed by atoms with van der Waals surface area (Å²) < 4.78 is 35.8. The van der Waals surface area contributed by atoms with Gasteiger partial charge in [-0.3, -0.25) is 15.5 Å². The fourth-order valence-corrected chi connectivity index (χ4v) is 9.95. The highest BCUT2D eigenvalue weighted by molar-refractivity contribution is 7.91. The van der Waals surface area contributed by atoms with E-state index in [1.807, 2.05) is 55.4 Å². The molecule has 3 aromatic carbocycles.